The molecule has 0 N–H and O–H groups in total. The van der Waals surface area contributed by atoms with Gasteiger partial charge in [-0.15, -0.1) is 0 Å². The molecule has 0 bridgehead atoms. The van der Waals surface area contributed by atoms with Crippen LogP contribution in [-0.2, 0) is 9.53 Å². The van der Waals surface area contributed by atoms with Crippen molar-refractivity contribution in [2.75, 3.05) is 44.8 Å². The van der Waals surface area contributed by atoms with Crippen LogP contribution in [0.25, 0.3) is 0 Å². The van der Waals surface area contributed by atoms with E-state index in [0.717, 1.165) is 32.5 Å². The van der Waals surface area contributed by atoms with E-state index in [1.54, 1.807) is 19.4 Å². The molecule has 1 aromatic heterocycles. The van der Waals surface area contributed by atoms with Crippen molar-refractivity contribution in [3.05, 3.63) is 12.3 Å². The zero-order valence-corrected chi connectivity index (χ0v) is 12.9. The van der Waals surface area contributed by atoms with Crippen LogP contribution in [0.4, 0.5) is 5.95 Å². The number of rotatable bonds is 4. The molecule has 0 spiro atoms. The van der Waals surface area contributed by atoms with Crippen LogP contribution in [0.1, 0.15) is 19.3 Å². The maximum atomic E-state index is 12.3. The van der Waals surface area contributed by atoms with E-state index in [4.69, 9.17) is 9.47 Å². The van der Waals surface area contributed by atoms with Crippen molar-refractivity contribution < 1.29 is 14.3 Å². The quantitative estimate of drug-likeness (QED) is 0.816. The fourth-order valence-electron chi connectivity index (χ4n) is 2.88. The SMILES string of the molecule is COc1ccnc(N2CCN(C(=O)C[C@H]3CCCO3)CC2)n1. The second-order valence-corrected chi connectivity index (χ2v) is 5.61. The maximum Gasteiger partial charge on any atom is 0.228 e. The summed E-state index contributed by atoms with van der Waals surface area (Å²) in [7, 11) is 1.59. The minimum atomic E-state index is 0.118. The second-order valence-electron chi connectivity index (χ2n) is 5.61. The Hall–Kier alpha value is -1.89. The number of hydrogen-bond acceptors (Lipinski definition) is 6. The maximum absolute atomic E-state index is 12.3. The van der Waals surface area contributed by atoms with Crippen molar-refractivity contribution in [3.8, 4) is 5.88 Å². The summed E-state index contributed by atoms with van der Waals surface area (Å²) in [5.74, 6) is 1.41. The number of methoxy groups -OCH3 is 1. The third kappa shape index (κ3) is 3.47. The molecule has 3 rings (SSSR count). The molecule has 1 amide bonds. The molecule has 1 aromatic rings. The Morgan fingerprint density at radius 2 is 2.23 bits per heavy atom. The van der Waals surface area contributed by atoms with Crippen LogP contribution in [0.2, 0.25) is 0 Å². The van der Waals surface area contributed by atoms with Gasteiger partial charge in [0.05, 0.1) is 19.6 Å². The normalized spacial score (nSPS) is 22.0. The molecule has 120 valence electrons. The van der Waals surface area contributed by atoms with Gasteiger partial charge in [0.2, 0.25) is 17.7 Å². The number of piperazine rings is 1. The Morgan fingerprint density at radius 1 is 1.41 bits per heavy atom. The highest BCUT2D eigenvalue weighted by molar-refractivity contribution is 5.77. The highest BCUT2D eigenvalue weighted by Crippen LogP contribution is 2.18. The van der Waals surface area contributed by atoms with E-state index < -0.39 is 0 Å². The van der Waals surface area contributed by atoms with Crippen LogP contribution in [0.15, 0.2) is 12.3 Å². The van der Waals surface area contributed by atoms with Crippen LogP contribution in [0.5, 0.6) is 5.88 Å². The number of hydrogen-bond donors (Lipinski definition) is 0. The van der Waals surface area contributed by atoms with Gasteiger partial charge in [0.1, 0.15) is 0 Å². The average molecular weight is 306 g/mol. The van der Waals surface area contributed by atoms with Gasteiger partial charge in [-0.05, 0) is 12.8 Å². The van der Waals surface area contributed by atoms with E-state index in [9.17, 15) is 4.79 Å². The number of carbonyl (C=O) groups is 1. The van der Waals surface area contributed by atoms with Gasteiger partial charge < -0.3 is 19.3 Å². The highest BCUT2D eigenvalue weighted by Gasteiger charge is 2.26. The number of aromatic nitrogens is 2. The van der Waals surface area contributed by atoms with Gasteiger partial charge in [0, 0.05) is 45.0 Å². The summed E-state index contributed by atoms with van der Waals surface area (Å²) in [5, 5.41) is 0. The predicted octanol–water partition coefficient (Wildman–Crippen LogP) is 0.703. The first kappa shape index (κ1) is 15.0. The fourth-order valence-corrected chi connectivity index (χ4v) is 2.88. The van der Waals surface area contributed by atoms with Gasteiger partial charge in [-0.3, -0.25) is 4.79 Å². The van der Waals surface area contributed by atoms with Crippen LogP contribution in [0.3, 0.4) is 0 Å². The molecule has 3 heterocycles. The number of nitrogens with zero attached hydrogens (tertiary/aromatic N) is 4. The van der Waals surface area contributed by atoms with Crippen LogP contribution < -0.4 is 9.64 Å². The summed E-state index contributed by atoms with van der Waals surface area (Å²) in [6.45, 7) is 3.67. The minimum absolute atomic E-state index is 0.118. The third-order valence-electron chi connectivity index (χ3n) is 4.17. The van der Waals surface area contributed by atoms with Crippen molar-refractivity contribution in [2.45, 2.75) is 25.4 Å². The molecular formula is C15H22N4O3. The van der Waals surface area contributed by atoms with Crippen molar-refractivity contribution in [1.82, 2.24) is 14.9 Å². The smallest absolute Gasteiger partial charge is 0.228 e. The minimum Gasteiger partial charge on any atom is -0.481 e. The summed E-state index contributed by atoms with van der Waals surface area (Å²) < 4.78 is 10.7. The van der Waals surface area contributed by atoms with Crippen LogP contribution in [-0.4, -0.2) is 66.8 Å². The summed E-state index contributed by atoms with van der Waals surface area (Å²) in [5.41, 5.74) is 0. The molecule has 1 atom stereocenters. The third-order valence-corrected chi connectivity index (χ3v) is 4.17. The Labute approximate surface area is 130 Å². The fraction of sp³-hybridized carbons (Fsp3) is 0.667. The van der Waals surface area contributed by atoms with Crippen molar-refractivity contribution in [1.29, 1.82) is 0 Å². The van der Waals surface area contributed by atoms with Gasteiger partial charge in [-0.2, -0.15) is 4.98 Å². The molecule has 7 heteroatoms. The van der Waals surface area contributed by atoms with E-state index in [-0.39, 0.29) is 12.0 Å². The molecular weight excluding hydrogens is 284 g/mol. The summed E-state index contributed by atoms with van der Waals surface area (Å²) in [6.07, 6.45) is 4.39. The summed E-state index contributed by atoms with van der Waals surface area (Å²) in [6, 6.07) is 1.73. The van der Waals surface area contributed by atoms with E-state index in [0.29, 0.717) is 31.3 Å². The van der Waals surface area contributed by atoms with Crippen molar-refractivity contribution >= 4 is 11.9 Å². The molecule has 2 aliphatic rings. The molecule has 0 unspecified atom stereocenters. The van der Waals surface area contributed by atoms with Gasteiger partial charge >= 0.3 is 0 Å². The number of ether oxygens (including phenoxy) is 2. The molecule has 2 fully saturated rings. The lowest BCUT2D eigenvalue weighted by Gasteiger charge is -2.35. The summed E-state index contributed by atoms with van der Waals surface area (Å²) >= 11 is 0. The first-order chi connectivity index (χ1) is 10.8. The lowest BCUT2D eigenvalue weighted by atomic mass is 10.1. The zero-order chi connectivity index (χ0) is 15.4. The molecule has 0 aromatic carbocycles. The Balaban J connectivity index is 1.52. The molecule has 2 saturated heterocycles. The summed E-state index contributed by atoms with van der Waals surface area (Å²) in [4.78, 5) is 24.9. The molecule has 0 saturated carbocycles. The van der Waals surface area contributed by atoms with E-state index in [2.05, 4.69) is 14.9 Å². The van der Waals surface area contributed by atoms with E-state index >= 15 is 0 Å². The first-order valence-electron chi connectivity index (χ1n) is 7.77. The molecule has 0 aliphatic carbocycles. The average Bonchev–Trinajstić information content (AvgIpc) is 3.08. The number of anilines is 1. The molecule has 22 heavy (non-hydrogen) atoms. The lowest BCUT2D eigenvalue weighted by Crippen LogP contribution is -2.49. The monoisotopic (exact) mass is 306 g/mol. The molecule has 7 nitrogen and oxygen atoms in total. The predicted molar refractivity (Wildman–Crippen MR) is 81.0 cm³/mol. The first-order valence-corrected chi connectivity index (χ1v) is 7.77. The van der Waals surface area contributed by atoms with E-state index in [1.807, 2.05) is 4.90 Å². The second kappa shape index (κ2) is 6.91. The Kier molecular flexibility index (Phi) is 4.72. The Morgan fingerprint density at radius 3 is 2.91 bits per heavy atom. The highest BCUT2D eigenvalue weighted by atomic mass is 16.5. The van der Waals surface area contributed by atoms with Crippen molar-refractivity contribution in [2.24, 2.45) is 0 Å². The number of amides is 1. The van der Waals surface area contributed by atoms with Gasteiger partial charge in [-0.1, -0.05) is 0 Å². The van der Waals surface area contributed by atoms with Gasteiger partial charge in [-0.25, -0.2) is 4.98 Å². The molecule has 0 radical (unpaired) electrons. The Bertz CT molecular complexity index is 511. The van der Waals surface area contributed by atoms with E-state index in [1.165, 1.54) is 0 Å². The largest absolute Gasteiger partial charge is 0.481 e. The van der Waals surface area contributed by atoms with Crippen LogP contribution in [0, 0.1) is 0 Å². The van der Waals surface area contributed by atoms with Crippen molar-refractivity contribution in [3.63, 3.8) is 0 Å². The van der Waals surface area contributed by atoms with Gasteiger partial charge in [0.15, 0.2) is 0 Å². The van der Waals surface area contributed by atoms with Crippen LogP contribution >= 0.6 is 0 Å². The lowest BCUT2D eigenvalue weighted by molar-refractivity contribution is -0.133. The number of carbonyl (C=O) groups excluding carboxylic acids is 1. The topological polar surface area (TPSA) is 67.8 Å². The van der Waals surface area contributed by atoms with Gasteiger partial charge in [0.25, 0.3) is 0 Å². The standard InChI is InChI=1S/C15H22N4O3/c1-21-13-4-5-16-15(17-13)19-8-6-18(7-9-19)14(20)11-12-3-2-10-22-12/h4-5,12H,2-3,6-11H2,1H3/t12-/m1/s1. The zero-order valence-electron chi connectivity index (χ0n) is 12.9. The molecule has 2 aliphatic heterocycles.